The van der Waals surface area contributed by atoms with Crippen LogP contribution < -0.4 is 4.74 Å². The lowest BCUT2D eigenvalue weighted by molar-refractivity contribution is -0.138. The summed E-state index contributed by atoms with van der Waals surface area (Å²) in [6, 6.07) is 13.8. The zero-order valence-electron chi connectivity index (χ0n) is 10.5. The van der Waals surface area contributed by atoms with E-state index in [1.165, 1.54) is 0 Å². The number of carbonyl (C=O) groups excluding carboxylic acids is 2. The molecule has 0 fully saturated rings. The number of carbonyl (C=O) groups is 2. The summed E-state index contributed by atoms with van der Waals surface area (Å²) in [7, 11) is 0. The van der Waals surface area contributed by atoms with Crippen LogP contribution in [0, 0.1) is 5.92 Å². The highest BCUT2D eigenvalue weighted by Gasteiger charge is 2.34. The van der Waals surface area contributed by atoms with E-state index in [2.05, 4.69) is 0 Å². The molecule has 0 saturated heterocycles. The first-order chi connectivity index (χ1) is 9.65. The molecule has 0 N–H and O–H groups in total. The van der Waals surface area contributed by atoms with Crippen molar-refractivity contribution in [1.82, 2.24) is 0 Å². The van der Waals surface area contributed by atoms with Gasteiger partial charge in [0.25, 0.3) is 0 Å². The Bertz CT molecular complexity index is 679. The minimum absolute atomic E-state index is 0.221. The van der Waals surface area contributed by atoms with Crippen LogP contribution >= 0.6 is 11.6 Å². The number of halogens is 1. The molecular weight excluding hydrogens is 276 g/mol. The van der Waals surface area contributed by atoms with Gasteiger partial charge >= 0.3 is 5.97 Å². The molecule has 4 heteroatoms. The Balaban J connectivity index is 1.92. The van der Waals surface area contributed by atoms with Gasteiger partial charge in [0.15, 0.2) is 5.78 Å². The van der Waals surface area contributed by atoms with Crippen molar-refractivity contribution >= 4 is 23.4 Å². The number of ether oxygens (including phenoxy) is 1. The molecule has 1 aliphatic heterocycles. The van der Waals surface area contributed by atoms with Gasteiger partial charge in [0.1, 0.15) is 11.7 Å². The third-order valence-electron chi connectivity index (χ3n) is 3.32. The minimum Gasteiger partial charge on any atom is -0.426 e. The number of ketones is 1. The van der Waals surface area contributed by atoms with Gasteiger partial charge in [0, 0.05) is 10.6 Å². The summed E-state index contributed by atoms with van der Waals surface area (Å²) >= 11 is 5.93. The maximum absolute atomic E-state index is 12.4. The van der Waals surface area contributed by atoms with Crippen LogP contribution in [0.5, 0.6) is 5.75 Å². The first kappa shape index (κ1) is 12.9. The normalized spacial score (nSPS) is 17.2. The van der Waals surface area contributed by atoms with E-state index in [9.17, 15) is 9.59 Å². The molecule has 1 atom stereocenters. The molecule has 0 amide bonds. The molecule has 0 bridgehead atoms. The van der Waals surface area contributed by atoms with Gasteiger partial charge in [0.2, 0.25) is 0 Å². The van der Waals surface area contributed by atoms with Gasteiger partial charge < -0.3 is 4.74 Å². The molecular formula is C16H11ClO3. The SMILES string of the molecule is O=C1Oc2ccc(Cl)cc2CC1C(=O)c1ccccc1. The standard InChI is InChI=1S/C16H11ClO3/c17-12-6-7-14-11(8-12)9-13(16(19)20-14)15(18)10-4-2-1-3-5-10/h1-8,13H,9H2. The Morgan fingerprint density at radius 3 is 2.65 bits per heavy atom. The summed E-state index contributed by atoms with van der Waals surface area (Å²) in [5.41, 5.74) is 1.30. The smallest absolute Gasteiger partial charge is 0.322 e. The van der Waals surface area contributed by atoms with E-state index >= 15 is 0 Å². The number of Topliss-reactive ketones (excluding diaryl/α,β-unsaturated/α-hetero) is 1. The third kappa shape index (κ3) is 2.32. The lowest BCUT2D eigenvalue weighted by Crippen LogP contribution is -2.33. The number of rotatable bonds is 2. The van der Waals surface area contributed by atoms with Crippen molar-refractivity contribution < 1.29 is 14.3 Å². The number of hydrogen-bond donors (Lipinski definition) is 0. The Morgan fingerprint density at radius 2 is 1.90 bits per heavy atom. The summed E-state index contributed by atoms with van der Waals surface area (Å²) in [6.45, 7) is 0. The number of benzene rings is 2. The molecule has 100 valence electrons. The number of esters is 1. The highest BCUT2D eigenvalue weighted by Crippen LogP contribution is 2.31. The first-order valence-corrected chi connectivity index (χ1v) is 6.62. The molecule has 2 aromatic carbocycles. The van der Waals surface area contributed by atoms with Crippen molar-refractivity contribution in [2.75, 3.05) is 0 Å². The van der Waals surface area contributed by atoms with E-state index in [4.69, 9.17) is 16.3 Å². The van der Waals surface area contributed by atoms with Crippen molar-refractivity contribution in [2.24, 2.45) is 5.92 Å². The molecule has 2 aromatic rings. The summed E-state index contributed by atoms with van der Waals surface area (Å²) < 4.78 is 5.22. The molecule has 0 aliphatic carbocycles. The van der Waals surface area contributed by atoms with Crippen molar-refractivity contribution in [1.29, 1.82) is 0 Å². The molecule has 1 aliphatic rings. The van der Waals surface area contributed by atoms with E-state index in [1.54, 1.807) is 42.5 Å². The van der Waals surface area contributed by atoms with E-state index in [1.807, 2.05) is 6.07 Å². The quantitative estimate of drug-likeness (QED) is 0.368. The van der Waals surface area contributed by atoms with Gasteiger partial charge in [0.05, 0.1) is 0 Å². The van der Waals surface area contributed by atoms with Crippen LogP contribution in [0.1, 0.15) is 15.9 Å². The Morgan fingerprint density at radius 1 is 1.15 bits per heavy atom. The summed E-state index contributed by atoms with van der Waals surface area (Å²) in [6.07, 6.45) is 0.322. The van der Waals surface area contributed by atoms with Crippen LogP contribution in [-0.4, -0.2) is 11.8 Å². The van der Waals surface area contributed by atoms with Gasteiger partial charge in [-0.1, -0.05) is 41.9 Å². The minimum atomic E-state index is -0.802. The average Bonchev–Trinajstić information content (AvgIpc) is 2.47. The second-order valence-corrected chi connectivity index (χ2v) is 5.10. The van der Waals surface area contributed by atoms with Crippen molar-refractivity contribution in [3.63, 3.8) is 0 Å². The van der Waals surface area contributed by atoms with Gasteiger partial charge in [-0.15, -0.1) is 0 Å². The molecule has 1 heterocycles. The molecule has 0 aromatic heterocycles. The maximum Gasteiger partial charge on any atom is 0.322 e. The monoisotopic (exact) mass is 286 g/mol. The second-order valence-electron chi connectivity index (χ2n) is 4.66. The fraction of sp³-hybridized carbons (Fsp3) is 0.125. The van der Waals surface area contributed by atoms with Crippen LogP contribution in [0.4, 0.5) is 0 Å². The average molecular weight is 287 g/mol. The van der Waals surface area contributed by atoms with Crippen LogP contribution in [-0.2, 0) is 11.2 Å². The second kappa shape index (κ2) is 5.10. The van der Waals surface area contributed by atoms with Crippen LogP contribution in [0.2, 0.25) is 5.02 Å². The molecule has 0 spiro atoms. The van der Waals surface area contributed by atoms with Crippen LogP contribution in [0.25, 0.3) is 0 Å². The molecule has 0 radical (unpaired) electrons. The molecule has 0 saturated carbocycles. The van der Waals surface area contributed by atoms with Crippen LogP contribution in [0.3, 0.4) is 0 Å². The van der Waals surface area contributed by atoms with Gasteiger partial charge in [-0.05, 0) is 30.2 Å². The summed E-state index contributed by atoms with van der Waals surface area (Å²) in [5, 5.41) is 0.563. The lowest BCUT2D eigenvalue weighted by Gasteiger charge is -2.22. The lowest BCUT2D eigenvalue weighted by atomic mass is 9.89. The van der Waals surface area contributed by atoms with Crippen LogP contribution in [0.15, 0.2) is 48.5 Å². The summed E-state index contributed by atoms with van der Waals surface area (Å²) in [5.74, 6) is -1.05. The predicted molar refractivity (Wildman–Crippen MR) is 75.1 cm³/mol. The Hall–Kier alpha value is -2.13. The fourth-order valence-corrected chi connectivity index (χ4v) is 2.49. The van der Waals surface area contributed by atoms with E-state index in [0.29, 0.717) is 22.8 Å². The van der Waals surface area contributed by atoms with Crippen molar-refractivity contribution in [3.8, 4) is 5.75 Å². The number of hydrogen-bond acceptors (Lipinski definition) is 3. The summed E-state index contributed by atoms with van der Waals surface area (Å²) in [4.78, 5) is 24.4. The van der Waals surface area contributed by atoms with E-state index < -0.39 is 11.9 Å². The zero-order valence-corrected chi connectivity index (χ0v) is 11.3. The van der Waals surface area contributed by atoms with Crippen molar-refractivity contribution in [2.45, 2.75) is 6.42 Å². The highest BCUT2D eigenvalue weighted by atomic mass is 35.5. The Kier molecular flexibility index (Phi) is 3.28. The number of fused-ring (bicyclic) bond motifs is 1. The van der Waals surface area contributed by atoms with Gasteiger partial charge in [-0.2, -0.15) is 0 Å². The maximum atomic E-state index is 12.4. The van der Waals surface area contributed by atoms with E-state index in [-0.39, 0.29) is 5.78 Å². The predicted octanol–water partition coefficient (Wildman–Crippen LogP) is 3.30. The molecule has 3 rings (SSSR count). The third-order valence-corrected chi connectivity index (χ3v) is 3.55. The van der Waals surface area contributed by atoms with Crippen molar-refractivity contribution in [3.05, 3.63) is 64.7 Å². The molecule has 1 unspecified atom stereocenters. The highest BCUT2D eigenvalue weighted by molar-refractivity contribution is 6.30. The van der Waals surface area contributed by atoms with Gasteiger partial charge in [-0.3, -0.25) is 9.59 Å². The zero-order chi connectivity index (χ0) is 14.1. The van der Waals surface area contributed by atoms with E-state index in [0.717, 1.165) is 5.56 Å². The molecule has 3 nitrogen and oxygen atoms in total. The Labute approximate surface area is 121 Å². The fourth-order valence-electron chi connectivity index (χ4n) is 2.29. The molecule has 20 heavy (non-hydrogen) atoms. The first-order valence-electron chi connectivity index (χ1n) is 6.24. The van der Waals surface area contributed by atoms with Gasteiger partial charge in [-0.25, -0.2) is 0 Å². The topological polar surface area (TPSA) is 43.4 Å². The largest absolute Gasteiger partial charge is 0.426 e.